The fourth-order valence-corrected chi connectivity index (χ4v) is 2.90. The highest BCUT2D eigenvalue weighted by atomic mass is 32.3. The Kier molecular flexibility index (Phi) is 11.6. The van der Waals surface area contributed by atoms with Gasteiger partial charge in [-0.1, -0.05) is 0 Å². The normalized spacial score (nSPS) is 9.69. The number of diazo groups is 2. The van der Waals surface area contributed by atoms with Crippen molar-refractivity contribution in [3.8, 4) is 11.5 Å². The predicted octanol–water partition coefficient (Wildman–Crippen LogP) is 6.51. The molecule has 39 heavy (non-hydrogen) atoms. The topological polar surface area (TPSA) is 179 Å². The average molecular weight is 549 g/mol. The van der Waals surface area contributed by atoms with Crippen LogP contribution in [0, 0.1) is 10.8 Å². The summed E-state index contributed by atoms with van der Waals surface area (Å²) in [5.41, 5.74) is 4.87. The molecule has 0 aliphatic heterocycles. The second kappa shape index (κ2) is 15.1. The number of benzene rings is 4. The number of nitrogens with one attached hydrogen (secondary N) is 2. The SMILES string of the molecule is COc1ccc(Nc2ccc([N+]#N)cc2)cc1.COc1ccc(Nc2ccc([N+]#N)cc2)cc1.O=S(=O)([O-])[O-]. The van der Waals surface area contributed by atoms with Gasteiger partial charge in [0.1, 0.15) is 11.5 Å². The zero-order valence-electron chi connectivity index (χ0n) is 20.9. The Balaban J connectivity index is 0.000000234. The van der Waals surface area contributed by atoms with Crippen LogP contribution in [-0.2, 0) is 10.4 Å². The Labute approximate surface area is 225 Å². The van der Waals surface area contributed by atoms with Gasteiger partial charge in [0, 0.05) is 57.4 Å². The smallest absolute Gasteiger partial charge is 0.385 e. The van der Waals surface area contributed by atoms with Crippen molar-refractivity contribution < 1.29 is 27.0 Å². The molecule has 200 valence electrons. The fraction of sp³-hybridized carbons (Fsp3) is 0.0769. The molecule has 0 spiro atoms. The highest BCUT2D eigenvalue weighted by Gasteiger charge is 2.04. The Morgan fingerprint density at radius 1 is 0.564 bits per heavy atom. The molecule has 0 bridgehead atoms. The van der Waals surface area contributed by atoms with Crippen molar-refractivity contribution in [2.45, 2.75) is 0 Å². The number of nitrogens with zero attached hydrogens (tertiary/aromatic N) is 4. The highest BCUT2D eigenvalue weighted by molar-refractivity contribution is 7.79. The van der Waals surface area contributed by atoms with Gasteiger partial charge in [0.25, 0.3) is 0 Å². The molecule has 0 heterocycles. The molecule has 4 aromatic carbocycles. The van der Waals surface area contributed by atoms with Gasteiger partial charge < -0.3 is 29.2 Å². The van der Waals surface area contributed by atoms with Crippen molar-refractivity contribution in [1.29, 1.82) is 10.8 Å². The van der Waals surface area contributed by atoms with Crippen LogP contribution in [0.15, 0.2) is 97.1 Å². The van der Waals surface area contributed by atoms with Gasteiger partial charge in [0.05, 0.1) is 14.2 Å². The van der Waals surface area contributed by atoms with Crippen molar-refractivity contribution in [3.63, 3.8) is 0 Å². The summed E-state index contributed by atoms with van der Waals surface area (Å²) in [4.78, 5) is 6.19. The molecule has 0 saturated carbocycles. The molecule has 4 rings (SSSR count). The van der Waals surface area contributed by atoms with E-state index in [1.54, 1.807) is 38.5 Å². The first-order chi connectivity index (χ1) is 18.6. The van der Waals surface area contributed by atoms with E-state index >= 15 is 0 Å². The van der Waals surface area contributed by atoms with Gasteiger partial charge in [0.15, 0.2) is 9.95 Å². The van der Waals surface area contributed by atoms with E-state index in [-0.39, 0.29) is 0 Å². The van der Waals surface area contributed by atoms with Gasteiger partial charge >= 0.3 is 11.4 Å². The van der Waals surface area contributed by atoms with Gasteiger partial charge in [-0.3, -0.25) is 8.42 Å². The lowest BCUT2D eigenvalue weighted by molar-refractivity contribution is 0.352. The van der Waals surface area contributed by atoms with E-state index in [2.05, 4.69) is 20.6 Å². The molecule has 2 N–H and O–H groups in total. The first kappa shape index (κ1) is 30.0. The maximum Gasteiger partial charge on any atom is 0.385 e. The average Bonchev–Trinajstić information content (AvgIpc) is 2.94. The van der Waals surface area contributed by atoms with Crippen molar-refractivity contribution in [2.75, 3.05) is 24.9 Å². The van der Waals surface area contributed by atoms with Crippen LogP contribution >= 0.6 is 0 Å². The van der Waals surface area contributed by atoms with Crippen LogP contribution < -0.4 is 20.1 Å². The van der Waals surface area contributed by atoms with Gasteiger partial charge in [-0.15, -0.1) is 0 Å². The molecule has 0 saturated heterocycles. The molecule has 0 radical (unpaired) electrons. The quantitative estimate of drug-likeness (QED) is 0.153. The number of rotatable bonds is 6. The Bertz CT molecular complexity index is 1390. The van der Waals surface area contributed by atoms with Gasteiger partial charge in [-0.05, 0) is 72.8 Å². The molecule has 4 aromatic rings. The molecule has 0 aliphatic carbocycles. The molecule has 12 nitrogen and oxygen atoms in total. The first-order valence-corrected chi connectivity index (χ1v) is 12.4. The monoisotopic (exact) mass is 548 g/mol. The summed E-state index contributed by atoms with van der Waals surface area (Å²) in [6.07, 6.45) is 0. The third kappa shape index (κ3) is 12.1. The molecule has 0 aliphatic rings. The summed E-state index contributed by atoms with van der Waals surface area (Å²) in [6, 6.07) is 29.6. The van der Waals surface area contributed by atoms with Crippen molar-refractivity contribution in [2.24, 2.45) is 0 Å². The molecule has 0 aromatic heterocycles. The Morgan fingerprint density at radius 3 is 1.00 bits per heavy atom. The fourth-order valence-electron chi connectivity index (χ4n) is 2.90. The van der Waals surface area contributed by atoms with Crippen LogP contribution in [0.4, 0.5) is 34.1 Å². The second-order valence-corrected chi connectivity index (χ2v) is 8.23. The summed E-state index contributed by atoms with van der Waals surface area (Å²) in [7, 11) is -1.89. The lowest BCUT2D eigenvalue weighted by atomic mass is 10.2. The van der Waals surface area contributed by atoms with Crippen molar-refractivity contribution in [3.05, 3.63) is 107 Å². The number of anilines is 4. The molecule has 0 atom stereocenters. The third-order valence-electron chi connectivity index (χ3n) is 4.72. The van der Waals surface area contributed by atoms with Crippen LogP contribution in [0.1, 0.15) is 0 Å². The number of methoxy groups -OCH3 is 2. The van der Waals surface area contributed by atoms with Crippen LogP contribution in [0.25, 0.3) is 9.95 Å². The van der Waals surface area contributed by atoms with E-state index < -0.39 is 10.4 Å². The van der Waals surface area contributed by atoms with E-state index in [0.29, 0.717) is 11.4 Å². The molecule has 0 unspecified atom stereocenters. The summed E-state index contributed by atoms with van der Waals surface area (Å²) >= 11 is 0. The minimum atomic E-state index is -5.17. The van der Waals surface area contributed by atoms with E-state index in [0.717, 1.165) is 34.2 Å². The minimum Gasteiger partial charge on any atom is -0.759 e. The standard InChI is InChI=1S/2C13H12N3O.H2O4S/c2*1-17-13-8-6-11(7-9-13)15-10-2-4-12(16-14)5-3-10;1-5(2,3)4/h2*2-9,15H,1H3;(H2,1,2,3,4)/q2*+1;/p-2. The number of ether oxygens (including phenoxy) is 2. The predicted molar refractivity (Wildman–Crippen MR) is 145 cm³/mol. The van der Waals surface area contributed by atoms with E-state index in [1.807, 2.05) is 72.8 Å². The molecular weight excluding hydrogens is 524 g/mol. The zero-order chi connectivity index (χ0) is 28.7. The Morgan fingerprint density at radius 2 is 0.795 bits per heavy atom. The van der Waals surface area contributed by atoms with Gasteiger partial charge in [-0.25, -0.2) is 0 Å². The largest absolute Gasteiger partial charge is 0.759 e. The maximum atomic E-state index is 8.57. The lowest BCUT2D eigenvalue weighted by Gasteiger charge is -2.06. The zero-order valence-corrected chi connectivity index (χ0v) is 21.7. The third-order valence-corrected chi connectivity index (χ3v) is 4.72. The summed E-state index contributed by atoms with van der Waals surface area (Å²) < 4.78 is 44.2. The number of hydrogen-bond acceptors (Lipinski definition) is 10. The van der Waals surface area contributed by atoms with Crippen LogP contribution in [-0.4, -0.2) is 31.7 Å². The van der Waals surface area contributed by atoms with Crippen LogP contribution in [0.2, 0.25) is 0 Å². The van der Waals surface area contributed by atoms with Crippen LogP contribution in [0.5, 0.6) is 11.5 Å². The molecule has 0 fully saturated rings. The van der Waals surface area contributed by atoms with Gasteiger partial charge in [0.2, 0.25) is 10.8 Å². The second-order valence-electron chi connectivity index (χ2n) is 7.41. The Hall–Kier alpha value is -5.21. The summed E-state index contributed by atoms with van der Waals surface area (Å²) in [6.45, 7) is 0. The maximum absolute atomic E-state index is 8.57. The molecular formula is C26H24N6O6S. The lowest BCUT2D eigenvalue weighted by Crippen LogP contribution is -1.91. The van der Waals surface area contributed by atoms with Crippen molar-refractivity contribution >= 4 is 44.5 Å². The molecule has 0 amide bonds. The van der Waals surface area contributed by atoms with Crippen molar-refractivity contribution in [1.82, 2.24) is 0 Å². The minimum absolute atomic E-state index is 0.533. The number of hydrogen-bond donors (Lipinski definition) is 2. The van der Waals surface area contributed by atoms with E-state index in [1.165, 1.54) is 0 Å². The van der Waals surface area contributed by atoms with Gasteiger partial charge in [-0.2, -0.15) is 0 Å². The van der Waals surface area contributed by atoms with Crippen LogP contribution in [0.3, 0.4) is 0 Å². The summed E-state index contributed by atoms with van der Waals surface area (Å²) in [5, 5.41) is 23.6. The van der Waals surface area contributed by atoms with E-state index in [9.17, 15) is 0 Å². The first-order valence-electron chi connectivity index (χ1n) is 11.0. The highest BCUT2D eigenvalue weighted by Crippen LogP contribution is 2.23. The summed E-state index contributed by atoms with van der Waals surface area (Å²) in [5.74, 6) is 1.65. The molecule has 13 heteroatoms. The van der Waals surface area contributed by atoms with E-state index in [4.69, 9.17) is 37.8 Å².